The van der Waals surface area contributed by atoms with Gasteiger partial charge >= 0.3 is 8.80 Å². The van der Waals surface area contributed by atoms with Crippen molar-refractivity contribution in [2.24, 2.45) is 0 Å². The lowest BCUT2D eigenvalue weighted by Gasteiger charge is -2.32. The van der Waals surface area contributed by atoms with Crippen molar-refractivity contribution < 1.29 is 18.0 Å². The second kappa shape index (κ2) is 5.07. The second-order valence-electron chi connectivity index (χ2n) is 3.44. The van der Waals surface area contributed by atoms with E-state index in [2.05, 4.69) is 0 Å². The van der Waals surface area contributed by atoms with Crippen molar-refractivity contribution in [2.75, 3.05) is 28.4 Å². The Morgan fingerprint density at radius 1 is 0.923 bits per heavy atom. The number of ether oxygens (including phenoxy) is 1. The highest BCUT2D eigenvalue weighted by Gasteiger charge is 2.43. The molecule has 0 spiro atoms. The van der Waals surface area contributed by atoms with Gasteiger partial charge < -0.3 is 18.0 Å². The van der Waals surface area contributed by atoms with Crippen molar-refractivity contribution in [1.29, 1.82) is 0 Å². The van der Waals surface area contributed by atoms with Crippen LogP contribution in [0.1, 0.15) is 13.8 Å². The molecule has 0 saturated carbocycles. The molecule has 80 valence electrons. The van der Waals surface area contributed by atoms with Gasteiger partial charge in [0.05, 0.1) is 5.60 Å². The monoisotopic (exact) mass is 208 g/mol. The molecule has 0 amide bonds. The molecule has 5 heteroatoms. The number of hydrogen-bond donors (Lipinski definition) is 0. The largest absolute Gasteiger partial charge is 0.503 e. The molecule has 0 saturated heterocycles. The Morgan fingerprint density at radius 3 is 1.54 bits per heavy atom. The van der Waals surface area contributed by atoms with E-state index in [1.165, 1.54) is 0 Å². The molecule has 0 radical (unpaired) electrons. The molecule has 0 atom stereocenters. The van der Waals surface area contributed by atoms with E-state index in [0.717, 1.165) is 0 Å². The Balaban J connectivity index is 4.41. The average molecular weight is 208 g/mol. The standard InChI is InChI=1S/C8H20O4Si/c1-8(2,9-3)7-13(10-4,11-5)12-6/h7H2,1-6H3. The van der Waals surface area contributed by atoms with Gasteiger partial charge in [-0.15, -0.1) is 0 Å². The van der Waals surface area contributed by atoms with E-state index >= 15 is 0 Å². The molecular formula is C8H20O4Si. The lowest BCUT2D eigenvalue weighted by atomic mass is 10.2. The van der Waals surface area contributed by atoms with Crippen LogP contribution in [0.15, 0.2) is 0 Å². The summed E-state index contributed by atoms with van der Waals surface area (Å²) in [5.74, 6) is 0. The second-order valence-corrected chi connectivity index (χ2v) is 6.38. The minimum atomic E-state index is -2.50. The maximum atomic E-state index is 5.29. The molecule has 0 aliphatic heterocycles. The summed E-state index contributed by atoms with van der Waals surface area (Å²) >= 11 is 0. The summed E-state index contributed by atoms with van der Waals surface area (Å²) in [4.78, 5) is 0. The molecule has 0 aromatic rings. The number of hydrogen-bond acceptors (Lipinski definition) is 4. The van der Waals surface area contributed by atoms with Gasteiger partial charge in [-0.1, -0.05) is 0 Å². The summed E-state index contributed by atoms with van der Waals surface area (Å²) in [7, 11) is 3.97. The summed E-state index contributed by atoms with van der Waals surface area (Å²) in [6.07, 6.45) is 0. The molecule has 4 nitrogen and oxygen atoms in total. The minimum Gasteiger partial charge on any atom is -0.379 e. The molecule has 0 aromatic carbocycles. The van der Waals surface area contributed by atoms with Crippen LogP contribution < -0.4 is 0 Å². The predicted molar refractivity (Wildman–Crippen MR) is 52.7 cm³/mol. The van der Waals surface area contributed by atoms with Crippen molar-refractivity contribution in [2.45, 2.75) is 25.5 Å². The topological polar surface area (TPSA) is 36.9 Å². The first-order valence-corrected chi connectivity index (χ1v) is 6.09. The minimum absolute atomic E-state index is 0.283. The number of rotatable bonds is 6. The lowest BCUT2D eigenvalue weighted by molar-refractivity contribution is 0.0152. The van der Waals surface area contributed by atoms with Crippen LogP contribution in [0.25, 0.3) is 0 Å². The van der Waals surface area contributed by atoms with Gasteiger partial charge in [-0.2, -0.15) is 0 Å². The normalized spacial score (nSPS) is 13.4. The van der Waals surface area contributed by atoms with Crippen LogP contribution in [0.2, 0.25) is 6.04 Å². The molecule has 0 unspecified atom stereocenters. The fourth-order valence-corrected chi connectivity index (χ4v) is 3.18. The van der Waals surface area contributed by atoms with Gasteiger partial charge in [0, 0.05) is 34.5 Å². The van der Waals surface area contributed by atoms with E-state index in [4.69, 9.17) is 18.0 Å². The van der Waals surface area contributed by atoms with E-state index < -0.39 is 8.80 Å². The molecule has 13 heavy (non-hydrogen) atoms. The van der Waals surface area contributed by atoms with E-state index in [1.54, 1.807) is 28.4 Å². The van der Waals surface area contributed by atoms with Crippen LogP contribution in [0.4, 0.5) is 0 Å². The Kier molecular flexibility index (Phi) is 5.09. The fraction of sp³-hybridized carbons (Fsp3) is 1.00. The van der Waals surface area contributed by atoms with Crippen LogP contribution in [-0.4, -0.2) is 42.8 Å². The van der Waals surface area contributed by atoms with Gasteiger partial charge in [-0.3, -0.25) is 0 Å². The van der Waals surface area contributed by atoms with Crippen molar-refractivity contribution in [3.63, 3.8) is 0 Å². The first kappa shape index (κ1) is 13.1. The Morgan fingerprint density at radius 2 is 1.31 bits per heavy atom. The number of methoxy groups -OCH3 is 1. The quantitative estimate of drug-likeness (QED) is 0.616. The van der Waals surface area contributed by atoms with E-state index in [-0.39, 0.29) is 5.60 Å². The van der Waals surface area contributed by atoms with Gasteiger partial charge in [0.25, 0.3) is 0 Å². The Hall–Kier alpha value is 0.0569. The van der Waals surface area contributed by atoms with Crippen LogP contribution in [0, 0.1) is 0 Å². The summed E-state index contributed by atoms with van der Waals surface area (Å²) in [6, 6.07) is 0.639. The summed E-state index contributed by atoms with van der Waals surface area (Å²) in [5, 5.41) is 0. The lowest BCUT2D eigenvalue weighted by Crippen LogP contribution is -2.48. The molecule has 0 aromatic heterocycles. The summed E-state index contributed by atoms with van der Waals surface area (Å²) in [6.45, 7) is 3.96. The van der Waals surface area contributed by atoms with Gasteiger partial charge in [0.2, 0.25) is 0 Å². The molecule has 0 rings (SSSR count). The van der Waals surface area contributed by atoms with Crippen molar-refractivity contribution >= 4 is 8.80 Å². The maximum Gasteiger partial charge on any atom is 0.503 e. The molecule has 0 aliphatic carbocycles. The molecule has 0 N–H and O–H groups in total. The summed E-state index contributed by atoms with van der Waals surface area (Å²) < 4.78 is 21.2. The molecule has 0 aliphatic rings. The van der Waals surface area contributed by atoms with E-state index in [0.29, 0.717) is 6.04 Å². The van der Waals surface area contributed by atoms with Crippen molar-refractivity contribution in [3.05, 3.63) is 0 Å². The fourth-order valence-electron chi connectivity index (χ4n) is 1.06. The first-order valence-electron chi connectivity index (χ1n) is 4.16. The smallest absolute Gasteiger partial charge is 0.379 e. The summed E-state index contributed by atoms with van der Waals surface area (Å²) in [5.41, 5.74) is -0.283. The van der Waals surface area contributed by atoms with Crippen molar-refractivity contribution in [3.8, 4) is 0 Å². The Labute approximate surface area is 81.5 Å². The van der Waals surface area contributed by atoms with Gasteiger partial charge in [0.1, 0.15) is 0 Å². The van der Waals surface area contributed by atoms with Gasteiger partial charge in [0.15, 0.2) is 0 Å². The molecular weight excluding hydrogens is 188 g/mol. The highest BCUT2D eigenvalue weighted by atomic mass is 28.4. The third-order valence-electron chi connectivity index (χ3n) is 2.13. The van der Waals surface area contributed by atoms with Gasteiger partial charge in [-0.05, 0) is 13.8 Å². The third kappa shape index (κ3) is 3.74. The predicted octanol–water partition coefficient (Wildman–Crippen LogP) is 1.29. The molecule has 0 bridgehead atoms. The first-order chi connectivity index (χ1) is 5.95. The van der Waals surface area contributed by atoms with Crippen LogP contribution in [0.3, 0.4) is 0 Å². The van der Waals surface area contributed by atoms with Crippen LogP contribution in [-0.2, 0) is 18.0 Å². The van der Waals surface area contributed by atoms with Crippen LogP contribution >= 0.6 is 0 Å². The molecule has 0 fully saturated rings. The third-order valence-corrected chi connectivity index (χ3v) is 5.28. The highest BCUT2D eigenvalue weighted by molar-refractivity contribution is 6.60. The average Bonchev–Trinajstić information content (AvgIpc) is 2.14. The van der Waals surface area contributed by atoms with Crippen molar-refractivity contribution in [1.82, 2.24) is 0 Å². The van der Waals surface area contributed by atoms with E-state index in [1.807, 2.05) is 13.8 Å². The maximum absolute atomic E-state index is 5.29. The zero-order chi connectivity index (χ0) is 10.5. The molecule has 0 heterocycles. The zero-order valence-corrected chi connectivity index (χ0v) is 10.3. The van der Waals surface area contributed by atoms with Gasteiger partial charge in [-0.25, -0.2) is 0 Å². The SMILES string of the molecule is COC(C)(C)C[Si](OC)(OC)OC. The van der Waals surface area contributed by atoms with E-state index in [9.17, 15) is 0 Å². The highest BCUT2D eigenvalue weighted by Crippen LogP contribution is 2.24. The zero-order valence-electron chi connectivity index (χ0n) is 9.34. The Bertz CT molecular complexity index is 137. The van der Waals surface area contributed by atoms with Crippen LogP contribution in [0.5, 0.6) is 0 Å².